The van der Waals surface area contributed by atoms with Crippen molar-refractivity contribution in [3.63, 3.8) is 0 Å². The van der Waals surface area contributed by atoms with Crippen molar-refractivity contribution in [3.05, 3.63) is 42.1 Å². The van der Waals surface area contributed by atoms with E-state index in [2.05, 4.69) is 10.6 Å². The van der Waals surface area contributed by atoms with Gasteiger partial charge in [-0.3, -0.25) is 10.1 Å². The van der Waals surface area contributed by atoms with Crippen molar-refractivity contribution in [2.45, 2.75) is 0 Å². The number of imide groups is 1. The van der Waals surface area contributed by atoms with Crippen LogP contribution in [-0.2, 0) is 4.79 Å². The van der Waals surface area contributed by atoms with Crippen LogP contribution in [0.5, 0.6) is 0 Å². The number of hydrogen-bond donors (Lipinski definition) is 3. The van der Waals surface area contributed by atoms with Crippen LogP contribution in [0, 0.1) is 11.3 Å². The molecule has 0 unspecified atom stereocenters. The van der Waals surface area contributed by atoms with Gasteiger partial charge in [-0.15, -0.1) is 0 Å². The Balaban J connectivity index is 2.58. The second-order valence-electron chi connectivity index (χ2n) is 3.23. The molecule has 0 heterocycles. The number of carbonyl (C=O) groups is 2. The number of hydrogen-bond acceptors (Lipinski definition) is 4. The fourth-order valence-electron chi connectivity index (χ4n) is 1.15. The molecule has 0 aliphatic heterocycles. The maximum Gasteiger partial charge on any atom is 0.326 e. The molecule has 0 spiro atoms. The minimum Gasteiger partial charge on any atom is -0.393 e. The Kier molecular flexibility index (Phi) is 4.94. The Morgan fingerprint density at radius 2 is 1.94 bits per heavy atom. The fraction of sp³-hybridized carbons (Fsp3) is 0.0833. The Bertz CT molecular complexity index is 503. The number of carbonyl (C=O) groups excluding carboxylic acids is 2. The highest BCUT2D eigenvalue weighted by Crippen LogP contribution is 2.04. The van der Waals surface area contributed by atoms with Crippen molar-refractivity contribution < 1.29 is 9.59 Å². The molecule has 18 heavy (non-hydrogen) atoms. The van der Waals surface area contributed by atoms with Crippen molar-refractivity contribution in [1.29, 1.82) is 5.26 Å². The highest BCUT2D eigenvalue weighted by Gasteiger charge is 2.12. The van der Waals surface area contributed by atoms with Crippen molar-refractivity contribution >= 4 is 17.6 Å². The minimum absolute atomic E-state index is 0.180. The lowest BCUT2D eigenvalue weighted by atomic mass is 10.3. The number of amides is 3. The molecule has 92 valence electrons. The summed E-state index contributed by atoms with van der Waals surface area (Å²) in [6, 6.07) is 9.65. The number of urea groups is 1. The number of anilines is 1. The van der Waals surface area contributed by atoms with Gasteiger partial charge in [-0.1, -0.05) is 18.2 Å². The van der Waals surface area contributed by atoms with Gasteiger partial charge in [0.25, 0.3) is 5.91 Å². The van der Waals surface area contributed by atoms with E-state index in [1.165, 1.54) is 6.20 Å². The van der Waals surface area contributed by atoms with Gasteiger partial charge in [-0.05, 0) is 12.1 Å². The summed E-state index contributed by atoms with van der Waals surface area (Å²) in [4.78, 5) is 22.9. The van der Waals surface area contributed by atoms with E-state index in [4.69, 9.17) is 5.26 Å². The first-order valence-corrected chi connectivity index (χ1v) is 5.12. The lowest BCUT2D eigenvalue weighted by Crippen LogP contribution is -2.35. The molecule has 6 heteroatoms. The summed E-state index contributed by atoms with van der Waals surface area (Å²) >= 11 is 0. The predicted molar refractivity (Wildman–Crippen MR) is 66.4 cm³/mol. The zero-order valence-electron chi connectivity index (χ0n) is 9.73. The number of benzene rings is 1. The largest absolute Gasteiger partial charge is 0.393 e. The van der Waals surface area contributed by atoms with E-state index < -0.39 is 11.9 Å². The number of nitrogens with one attached hydrogen (secondary N) is 3. The summed E-state index contributed by atoms with van der Waals surface area (Å²) < 4.78 is 0. The molecule has 0 saturated carbocycles. The van der Waals surface area contributed by atoms with Crippen LogP contribution in [0.4, 0.5) is 10.5 Å². The highest BCUT2D eigenvalue weighted by atomic mass is 16.2. The average molecular weight is 244 g/mol. The molecule has 3 N–H and O–H groups in total. The van der Waals surface area contributed by atoms with E-state index in [1.54, 1.807) is 43.4 Å². The minimum atomic E-state index is -0.764. The maximum absolute atomic E-state index is 11.5. The molecule has 0 radical (unpaired) electrons. The SMILES string of the molecule is CNC=C(C#N)C(=O)NC(=O)Nc1ccccc1. The van der Waals surface area contributed by atoms with Gasteiger partial charge in [0.05, 0.1) is 0 Å². The molecule has 0 aromatic heterocycles. The Hall–Kier alpha value is -2.81. The van der Waals surface area contributed by atoms with Crippen LogP contribution in [0.15, 0.2) is 42.1 Å². The molecule has 0 atom stereocenters. The lowest BCUT2D eigenvalue weighted by Gasteiger charge is -2.05. The lowest BCUT2D eigenvalue weighted by molar-refractivity contribution is -0.116. The predicted octanol–water partition coefficient (Wildman–Crippen LogP) is 0.962. The monoisotopic (exact) mass is 244 g/mol. The van der Waals surface area contributed by atoms with Crippen molar-refractivity contribution in [2.75, 3.05) is 12.4 Å². The van der Waals surface area contributed by atoms with Crippen molar-refractivity contribution in [3.8, 4) is 6.07 Å². The normalized spacial score (nSPS) is 10.1. The molecule has 1 aromatic rings. The summed E-state index contributed by atoms with van der Waals surface area (Å²) in [5.41, 5.74) is 0.375. The summed E-state index contributed by atoms with van der Waals surface area (Å²) in [6.07, 6.45) is 1.21. The Labute approximate surface area is 104 Å². The quantitative estimate of drug-likeness (QED) is 0.545. The first-order valence-electron chi connectivity index (χ1n) is 5.12. The summed E-state index contributed by atoms with van der Waals surface area (Å²) in [7, 11) is 1.55. The summed E-state index contributed by atoms with van der Waals surface area (Å²) in [5, 5.41) is 15.7. The molecule has 3 amide bonds. The number of rotatable bonds is 3. The third kappa shape index (κ3) is 3.98. The van der Waals surface area contributed by atoms with Gasteiger partial charge in [0.2, 0.25) is 0 Å². The van der Waals surface area contributed by atoms with Gasteiger partial charge in [-0.25, -0.2) is 4.79 Å². The topological polar surface area (TPSA) is 94.0 Å². The van der Waals surface area contributed by atoms with E-state index in [0.29, 0.717) is 5.69 Å². The van der Waals surface area contributed by atoms with Crippen molar-refractivity contribution in [1.82, 2.24) is 10.6 Å². The van der Waals surface area contributed by atoms with Crippen molar-refractivity contribution in [2.24, 2.45) is 0 Å². The molecule has 0 bridgehead atoms. The Morgan fingerprint density at radius 3 is 2.50 bits per heavy atom. The van der Waals surface area contributed by atoms with Gasteiger partial charge in [0.1, 0.15) is 11.6 Å². The molecule has 0 aliphatic carbocycles. The van der Waals surface area contributed by atoms with Crippen LogP contribution in [-0.4, -0.2) is 19.0 Å². The number of nitriles is 1. The third-order valence-electron chi connectivity index (χ3n) is 1.91. The van der Waals surface area contributed by atoms with Crippen LogP contribution >= 0.6 is 0 Å². The van der Waals surface area contributed by atoms with E-state index in [0.717, 1.165) is 0 Å². The molecule has 6 nitrogen and oxygen atoms in total. The smallest absolute Gasteiger partial charge is 0.326 e. The number of para-hydroxylation sites is 1. The zero-order valence-corrected chi connectivity index (χ0v) is 9.73. The standard InChI is InChI=1S/C12H12N4O2/c1-14-8-9(7-13)11(17)16-12(18)15-10-5-3-2-4-6-10/h2-6,8,14H,1H3,(H2,15,16,17,18). The van der Waals surface area contributed by atoms with Gasteiger partial charge in [0, 0.05) is 18.9 Å². The van der Waals surface area contributed by atoms with E-state index in [1.807, 2.05) is 5.32 Å². The first-order chi connectivity index (χ1) is 8.67. The molecule has 1 rings (SSSR count). The van der Waals surface area contributed by atoms with Crippen LogP contribution in [0.2, 0.25) is 0 Å². The van der Waals surface area contributed by atoms with Crippen LogP contribution in [0.25, 0.3) is 0 Å². The second-order valence-corrected chi connectivity index (χ2v) is 3.23. The fourth-order valence-corrected chi connectivity index (χ4v) is 1.15. The van der Waals surface area contributed by atoms with Gasteiger partial charge in [-0.2, -0.15) is 5.26 Å². The molecular formula is C12H12N4O2. The van der Waals surface area contributed by atoms with Gasteiger partial charge >= 0.3 is 6.03 Å². The second kappa shape index (κ2) is 6.70. The van der Waals surface area contributed by atoms with Crippen LogP contribution in [0.3, 0.4) is 0 Å². The van der Waals surface area contributed by atoms with Gasteiger partial charge < -0.3 is 10.6 Å². The molecule has 0 saturated heterocycles. The third-order valence-corrected chi connectivity index (χ3v) is 1.91. The van der Waals surface area contributed by atoms with Crippen LogP contribution in [0.1, 0.15) is 0 Å². The van der Waals surface area contributed by atoms with Crippen LogP contribution < -0.4 is 16.0 Å². The summed E-state index contributed by atoms with van der Waals surface area (Å²) in [5.74, 6) is -0.764. The molecule has 0 aliphatic rings. The molecule has 0 fully saturated rings. The summed E-state index contributed by atoms with van der Waals surface area (Å²) in [6.45, 7) is 0. The van der Waals surface area contributed by atoms with E-state index >= 15 is 0 Å². The van der Waals surface area contributed by atoms with E-state index in [9.17, 15) is 9.59 Å². The average Bonchev–Trinajstić information content (AvgIpc) is 2.36. The molecule has 1 aromatic carbocycles. The van der Waals surface area contributed by atoms with Gasteiger partial charge in [0.15, 0.2) is 0 Å². The highest BCUT2D eigenvalue weighted by molar-refractivity contribution is 6.09. The Morgan fingerprint density at radius 1 is 1.28 bits per heavy atom. The van der Waals surface area contributed by atoms with E-state index in [-0.39, 0.29) is 5.57 Å². The molecular weight excluding hydrogens is 232 g/mol. The zero-order chi connectivity index (χ0) is 13.4. The number of nitrogens with zero attached hydrogens (tertiary/aromatic N) is 1. The maximum atomic E-state index is 11.5. The first kappa shape index (κ1) is 13.3.